The van der Waals surface area contributed by atoms with Gasteiger partial charge in [0.2, 0.25) is 5.41 Å². The van der Waals surface area contributed by atoms with Crippen LogP contribution in [0.5, 0.6) is 0 Å². The maximum atomic E-state index is 13.0. The number of aromatic amines is 1. The maximum absolute atomic E-state index is 13.0. The summed E-state index contributed by atoms with van der Waals surface area (Å²) in [5, 5.41) is 9.74. The number of aryl methyl sites for hydroxylation is 1. The third-order valence-electron chi connectivity index (χ3n) is 5.57. The highest BCUT2D eigenvalue weighted by atomic mass is 33.1. The fourth-order valence-corrected chi connectivity index (χ4v) is 5.91. The highest BCUT2D eigenvalue weighted by molar-refractivity contribution is 8.76. The standard InChI is InChI=1S/C22H35N2O13PS2/c1-5-33-19(27)22(20(28)34-6-2,11-32-13-40-39-7-3)12-35-38(30,31)37-15-8-17(36-16(15)10-25)24-9-14(4)18(26)23-21(24)29/h9,15-17,25H,5-8,10-13H2,1-4H3,(H,30,31)(H,23,26,29)/t15?,16-,17-/m1/s1. The summed E-state index contributed by atoms with van der Waals surface area (Å²) in [7, 11) is -2.20. The summed E-state index contributed by atoms with van der Waals surface area (Å²) in [6.45, 7) is 4.05. The van der Waals surface area contributed by atoms with E-state index in [1.54, 1.807) is 0 Å². The predicted octanol–water partition coefficient (Wildman–Crippen LogP) is 1.12. The third kappa shape index (κ3) is 9.16. The minimum Gasteiger partial charge on any atom is -0.465 e. The average Bonchev–Trinajstić information content (AvgIpc) is 3.29. The lowest BCUT2D eigenvalue weighted by molar-refractivity contribution is -0.179. The first-order chi connectivity index (χ1) is 18.9. The summed E-state index contributed by atoms with van der Waals surface area (Å²) in [5.41, 5.74) is -3.40. The number of ether oxygens (including phenoxy) is 4. The van der Waals surface area contributed by atoms with E-state index in [1.807, 2.05) is 6.92 Å². The molecule has 2 unspecified atom stereocenters. The van der Waals surface area contributed by atoms with Crippen molar-refractivity contribution < 1.29 is 52.1 Å². The minimum atomic E-state index is -5.02. The van der Waals surface area contributed by atoms with Crippen LogP contribution >= 0.6 is 29.4 Å². The molecule has 0 spiro atoms. The molecule has 0 radical (unpaired) electrons. The number of aromatic nitrogens is 2. The zero-order valence-electron chi connectivity index (χ0n) is 22.6. The molecule has 228 valence electrons. The van der Waals surface area contributed by atoms with Gasteiger partial charge in [0.15, 0.2) is 0 Å². The van der Waals surface area contributed by atoms with E-state index in [0.29, 0.717) is 0 Å². The zero-order chi connectivity index (χ0) is 29.9. The number of aliphatic hydroxyl groups is 1. The van der Waals surface area contributed by atoms with Crippen molar-refractivity contribution in [3.8, 4) is 0 Å². The summed E-state index contributed by atoms with van der Waals surface area (Å²) in [6.07, 6.45) is -2.37. The third-order valence-corrected chi connectivity index (χ3v) is 8.73. The van der Waals surface area contributed by atoms with Gasteiger partial charge in [-0.1, -0.05) is 28.5 Å². The van der Waals surface area contributed by atoms with Crippen LogP contribution in [0, 0.1) is 12.3 Å². The topological polar surface area (TPSA) is 202 Å². The van der Waals surface area contributed by atoms with Crippen LogP contribution in [0.4, 0.5) is 0 Å². The molecule has 1 aliphatic heterocycles. The van der Waals surface area contributed by atoms with Crippen molar-refractivity contribution in [2.75, 3.05) is 44.7 Å². The number of esters is 2. The molecule has 0 saturated carbocycles. The number of carbonyl (C=O) groups excluding carboxylic acids is 2. The molecule has 1 aromatic rings. The number of hydrogen-bond acceptors (Lipinski definition) is 14. The maximum Gasteiger partial charge on any atom is 0.472 e. The second kappa shape index (κ2) is 16.1. The van der Waals surface area contributed by atoms with Crippen molar-refractivity contribution in [2.45, 2.75) is 52.6 Å². The Morgan fingerprint density at radius 3 is 2.40 bits per heavy atom. The van der Waals surface area contributed by atoms with Gasteiger partial charge >= 0.3 is 25.5 Å². The van der Waals surface area contributed by atoms with Gasteiger partial charge in [0.1, 0.15) is 24.4 Å². The van der Waals surface area contributed by atoms with Crippen molar-refractivity contribution in [2.24, 2.45) is 5.41 Å². The first-order valence-electron chi connectivity index (χ1n) is 12.3. The van der Waals surface area contributed by atoms with Crippen LogP contribution in [0.2, 0.25) is 0 Å². The Morgan fingerprint density at radius 2 is 1.82 bits per heavy atom. The van der Waals surface area contributed by atoms with Crippen molar-refractivity contribution in [1.82, 2.24) is 9.55 Å². The number of carbonyl (C=O) groups is 2. The Morgan fingerprint density at radius 1 is 1.18 bits per heavy atom. The average molecular weight is 631 g/mol. The van der Waals surface area contributed by atoms with Crippen molar-refractivity contribution >= 4 is 41.3 Å². The van der Waals surface area contributed by atoms with Gasteiger partial charge in [-0.3, -0.25) is 33.0 Å². The summed E-state index contributed by atoms with van der Waals surface area (Å²) in [6, 6.07) is 0. The molecular formula is C22H35N2O13PS2. The molecule has 3 N–H and O–H groups in total. The molecule has 2 heterocycles. The quantitative estimate of drug-likeness (QED) is 0.0551. The molecule has 0 amide bonds. The first kappa shape index (κ1) is 34.5. The Labute approximate surface area is 238 Å². The number of rotatable bonds is 17. The number of H-pyrrole nitrogens is 1. The van der Waals surface area contributed by atoms with Gasteiger partial charge in [-0.05, 0) is 20.8 Å². The Kier molecular flexibility index (Phi) is 13.9. The molecule has 4 atom stereocenters. The van der Waals surface area contributed by atoms with Gasteiger partial charge in [0.05, 0.1) is 33.0 Å². The smallest absolute Gasteiger partial charge is 0.465 e. The fourth-order valence-electron chi connectivity index (χ4n) is 3.61. The van der Waals surface area contributed by atoms with Gasteiger partial charge in [0.25, 0.3) is 5.56 Å². The number of aliphatic hydroxyl groups excluding tert-OH is 1. The number of nitrogens with one attached hydrogen (secondary N) is 1. The molecule has 0 aliphatic carbocycles. The number of phosphoric ester groups is 1. The van der Waals surface area contributed by atoms with Crippen molar-refractivity contribution in [3.05, 3.63) is 32.6 Å². The molecule has 18 heteroatoms. The molecule has 0 bridgehead atoms. The van der Waals surface area contributed by atoms with Crippen LogP contribution in [0.1, 0.15) is 39.0 Å². The van der Waals surface area contributed by atoms with E-state index in [0.717, 1.165) is 10.3 Å². The molecule has 1 aliphatic rings. The molecule has 0 aromatic carbocycles. The van der Waals surface area contributed by atoms with Gasteiger partial charge in [-0.25, -0.2) is 9.36 Å². The van der Waals surface area contributed by atoms with Crippen LogP contribution in [0.15, 0.2) is 15.8 Å². The van der Waals surface area contributed by atoms with E-state index >= 15 is 0 Å². The fraction of sp³-hybridized carbons (Fsp3) is 0.727. The number of hydrogen-bond donors (Lipinski definition) is 3. The highest BCUT2D eigenvalue weighted by Gasteiger charge is 2.52. The van der Waals surface area contributed by atoms with Crippen LogP contribution in [0.25, 0.3) is 0 Å². The van der Waals surface area contributed by atoms with E-state index in [2.05, 4.69) is 4.98 Å². The van der Waals surface area contributed by atoms with Gasteiger partial charge in [0, 0.05) is 23.9 Å². The first-order valence-corrected chi connectivity index (χ1v) is 16.3. The highest BCUT2D eigenvalue weighted by Crippen LogP contribution is 2.49. The van der Waals surface area contributed by atoms with E-state index in [9.17, 15) is 33.7 Å². The van der Waals surface area contributed by atoms with E-state index in [4.69, 9.17) is 28.0 Å². The molecular weight excluding hydrogens is 595 g/mol. The number of nitrogens with zero attached hydrogens (tertiary/aromatic N) is 1. The summed E-state index contributed by atoms with van der Waals surface area (Å²) < 4.78 is 45.6. The summed E-state index contributed by atoms with van der Waals surface area (Å²) in [5.74, 6) is -1.27. The van der Waals surface area contributed by atoms with Gasteiger partial charge in [-0.2, -0.15) is 0 Å². The molecule has 15 nitrogen and oxygen atoms in total. The van der Waals surface area contributed by atoms with E-state index in [-0.39, 0.29) is 31.1 Å². The minimum absolute atomic E-state index is 0.0922. The molecule has 1 fully saturated rings. The normalized spacial score (nSPS) is 20.7. The lowest BCUT2D eigenvalue weighted by Gasteiger charge is -2.29. The molecule has 2 rings (SSSR count). The van der Waals surface area contributed by atoms with E-state index in [1.165, 1.54) is 48.6 Å². The van der Waals surface area contributed by atoms with Crippen LogP contribution < -0.4 is 11.2 Å². The summed E-state index contributed by atoms with van der Waals surface area (Å²) in [4.78, 5) is 62.4. The Bertz CT molecular complexity index is 1140. The summed E-state index contributed by atoms with van der Waals surface area (Å²) >= 11 is 0. The Balaban J connectivity index is 2.23. The number of phosphoric acid groups is 1. The zero-order valence-corrected chi connectivity index (χ0v) is 25.1. The second-order valence-corrected chi connectivity index (χ2v) is 12.5. The monoisotopic (exact) mass is 630 g/mol. The van der Waals surface area contributed by atoms with Crippen molar-refractivity contribution in [3.63, 3.8) is 0 Å². The SMILES string of the molecule is CCOC(=O)C(COCSSCC)(COP(=O)(O)OC1C[C@H](n2cc(C)c(=O)[nH]c2=O)O[C@@H]1CO)C(=O)OCC. The lowest BCUT2D eigenvalue weighted by atomic mass is 9.90. The molecule has 1 saturated heterocycles. The second-order valence-electron chi connectivity index (χ2n) is 8.43. The van der Waals surface area contributed by atoms with Gasteiger partial charge < -0.3 is 28.9 Å². The van der Waals surface area contributed by atoms with Crippen LogP contribution in [-0.4, -0.2) is 88.4 Å². The largest absolute Gasteiger partial charge is 0.472 e. The van der Waals surface area contributed by atoms with E-state index < -0.39 is 74.7 Å². The molecule has 1 aromatic heterocycles. The van der Waals surface area contributed by atoms with Gasteiger partial charge in [-0.15, -0.1) is 0 Å². The Hall–Kier alpha value is -1.69. The predicted molar refractivity (Wildman–Crippen MR) is 145 cm³/mol. The van der Waals surface area contributed by atoms with Crippen molar-refractivity contribution in [1.29, 1.82) is 0 Å². The molecule has 40 heavy (non-hydrogen) atoms. The lowest BCUT2D eigenvalue weighted by Crippen LogP contribution is -2.49. The van der Waals surface area contributed by atoms with Crippen LogP contribution in [0.3, 0.4) is 0 Å². The van der Waals surface area contributed by atoms with Crippen LogP contribution in [-0.2, 0) is 42.1 Å².